The third-order valence-corrected chi connectivity index (χ3v) is 4.60. The van der Waals surface area contributed by atoms with Gasteiger partial charge in [0.2, 0.25) is 0 Å². The molecule has 0 aliphatic carbocycles. The van der Waals surface area contributed by atoms with E-state index in [1.165, 1.54) is 24.4 Å². The Morgan fingerprint density at radius 2 is 1.46 bits per heavy atom. The van der Waals surface area contributed by atoms with Crippen molar-refractivity contribution in [3.05, 3.63) is 77.1 Å². The Balaban J connectivity index is 1.52. The summed E-state index contributed by atoms with van der Waals surface area (Å²) in [5.41, 5.74) is 0.413. The molecule has 1 aliphatic heterocycles. The number of halogens is 3. The normalized spacial score (nSPS) is 13.9. The maximum absolute atomic E-state index is 13.2. The van der Waals surface area contributed by atoms with Gasteiger partial charge in [0.25, 0.3) is 11.8 Å². The highest BCUT2D eigenvalue weighted by atomic mass is 19.4. The van der Waals surface area contributed by atoms with E-state index in [0.29, 0.717) is 16.8 Å². The number of nitrogens with one attached hydrogen (secondary N) is 1. The van der Waals surface area contributed by atoms with Gasteiger partial charge in [0.05, 0.1) is 16.7 Å². The molecule has 0 fully saturated rings. The van der Waals surface area contributed by atoms with Crippen molar-refractivity contribution in [2.24, 2.45) is 0 Å². The van der Waals surface area contributed by atoms with E-state index < -0.39 is 11.7 Å². The first-order chi connectivity index (χ1) is 13.4. The maximum Gasteiger partial charge on any atom is 0.417 e. The van der Waals surface area contributed by atoms with Gasteiger partial charge in [-0.25, -0.2) is 4.98 Å². The molecule has 2 amide bonds. The van der Waals surface area contributed by atoms with Gasteiger partial charge in [-0.2, -0.15) is 13.2 Å². The van der Waals surface area contributed by atoms with Crippen molar-refractivity contribution in [2.75, 3.05) is 6.54 Å². The van der Waals surface area contributed by atoms with Crippen molar-refractivity contribution in [2.45, 2.75) is 12.6 Å². The first kappa shape index (κ1) is 18.0. The molecule has 28 heavy (non-hydrogen) atoms. The predicted molar refractivity (Wildman–Crippen MR) is 94.5 cm³/mol. The average molecular weight is 385 g/mol. The summed E-state index contributed by atoms with van der Waals surface area (Å²) in [6.45, 7) is 0.106. The van der Waals surface area contributed by atoms with Crippen LogP contribution in [-0.4, -0.2) is 33.2 Å². The molecule has 2 heterocycles. The van der Waals surface area contributed by atoms with E-state index in [9.17, 15) is 22.8 Å². The van der Waals surface area contributed by atoms with E-state index in [0.717, 1.165) is 11.0 Å². The molecule has 0 spiro atoms. The fourth-order valence-corrected chi connectivity index (χ4v) is 3.23. The molecule has 5 nitrogen and oxygen atoms in total. The summed E-state index contributed by atoms with van der Waals surface area (Å²) in [6, 6.07) is 11.7. The SMILES string of the molecule is O=C1c2ccccc2C(=O)N1CCc1cnc(-c2ccccc2C(F)(F)F)[nH]1. The summed E-state index contributed by atoms with van der Waals surface area (Å²) < 4.78 is 39.6. The van der Waals surface area contributed by atoms with Gasteiger partial charge in [-0.15, -0.1) is 0 Å². The lowest BCUT2D eigenvalue weighted by Crippen LogP contribution is -2.31. The van der Waals surface area contributed by atoms with Crippen LogP contribution in [0.4, 0.5) is 13.2 Å². The number of rotatable bonds is 4. The van der Waals surface area contributed by atoms with Crippen LogP contribution in [-0.2, 0) is 12.6 Å². The number of hydrogen-bond acceptors (Lipinski definition) is 3. The van der Waals surface area contributed by atoms with Crippen LogP contribution >= 0.6 is 0 Å². The number of aromatic nitrogens is 2. The van der Waals surface area contributed by atoms with E-state index in [4.69, 9.17) is 0 Å². The summed E-state index contributed by atoms with van der Waals surface area (Å²) in [6.07, 6.45) is -2.82. The molecule has 2 aromatic carbocycles. The lowest BCUT2D eigenvalue weighted by molar-refractivity contribution is -0.137. The van der Waals surface area contributed by atoms with Crippen LogP contribution in [0, 0.1) is 0 Å². The second-order valence-corrected chi connectivity index (χ2v) is 6.36. The molecular formula is C20H14F3N3O2. The standard InChI is InChI=1S/C20H14F3N3O2/c21-20(22,23)16-8-4-3-7-15(16)17-24-11-12(25-17)9-10-26-18(27)13-5-1-2-6-14(13)19(26)28/h1-8,11H,9-10H2,(H,24,25). The maximum atomic E-state index is 13.2. The molecule has 1 aliphatic rings. The van der Waals surface area contributed by atoms with Crippen molar-refractivity contribution >= 4 is 11.8 Å². The number of H-pyrrole nitrogens is 1. The van der Waals surface area contributed by atoms with E-state index in [1.807, 2.05) is 0 Å². The van der Waals surface area contributed by atoms with Crippen LogP contribution in [0.5, 0.6) is 0 Å². The van der Waals surface area contributed by atoms with Gasteiger partial charge >= 0.3 is 6.18 Å². The second kappa shape index (κ2) is 6.63. The van der Waals surface area contributed by atoms with Crippen LogP contribution in [0.2, 0.25) is 0 Å². The van der Waals surface area contributed by atoms with Gasteiger partial charge in [0.15, 0.2) is 0 Å². The van der Waals surface area contributed by atoms with Gasteiger partial charge in [-0.3, -0.25) is 14.5 Å². The fourth-order valence-electron chi connectivity index (χ4n) is 3.23. The summed E-state index contributed by atoms with van der Waals surface area (Å²) >= 11 is 0. The van der Waals surface area contributed by atoms with Gasteiger partial charge in [0, 0.05) is 30.4 Å². The second-order valence-electron chi connectivity index (χ2n) is 6.36. The molecule has 1 aromatic heterocycles. The van der Waals surface area contributed by atoms with E-state index in [1.54, 1.807) is 24.3 Å². The molecule has 142 valence electrons. The molecule has 0 atom stereocenters. The van der Waals surface area contributed by atoms with Crippen LogP contribution in [0.3, 0.4) is 0 Å². The number of alkyl halides is 3. The highest BCUT2D eigenvalue weighted by Crippen LogP contribution is 2.35. The Morgan fingerprint density at radius 3 is 2.07 bits per heavy atom. The Bertz CT molecular complexity index is 1040. The lowest BCUT2D eigenvalue weighted by Gasteiger charge is -2.13. The summed E-state index contributed by atoms with van der Waals surface area (Å²) in [4.78, 5) is 32.8. The Hall–Kier alpha value is -3.42. The number of carbonyl (C=O) groups excluding carboxylic acids is 2. The highest BCUT2D eigenvalue weighted by Gasteiger charge is 2.35. The Kier molecular flexibility index (Phi) is 4.26. The predicted octanol–water partition coefficient (Wildman–Crippen LogP) is 3.93. The van der Waals surface area contributed by atoms with Crippen molar-refractivity contribution in [1.29, 1.82) is 0 Å². The average Bonchev–Trinajstić information content (AvgIpc) is 3.24. The highest BCUT2D eigenvalue weighted by molar-refractivity contribution is 6.21. The number of imide groups is 1. The number of carbonyl (C=O) groups is 2. The van der Waals surface area contributed by atoms with Crippen molar-refractivity contribution in [3.8, 4) is 11.4 Å². The quantitative estimate of drug-likeness (QED) is 0.692. The number of fused-ring (bicyclic) bond motifs is 1. The van der Waals surface area contributed by atoms with Gasteiger partial charge in [-0.1, -0.05) is 30.3 Å². The largest absolute Gasteiger partial charge is 0.417 e. The molecule has 0 radical (unpaired) electrons. The Morgan fingerprint density at radius 1 is 0.893 bits per heavy atom. The van der Waals surface area contributed by atoms with E-state index in [-0.39, 0.29) is 36.2 Å². The zero-order valence-corrected chi connectivity index (χ0v) is 14.5. The van der Waals surface area contributed by atoms with Crippen molar-refractivity contribution in [1.82, 2.24) is 14.9 Å². The number of hydrogen-bond donors (Lipinski definition) is 1. The van der Waals surface area contributed by atoms with E-state index in [2.05, 4.69) is 9.97 Å². The zero-order chi connectivity index (χ0) is 19.9. The number of nitrogens with zero attached hydrogens (tertiary/aromatic N) is 2. The number of aromatic amines is 1. The molecule has 0 saturated carbocycles. The summed E-state index contributed by atoms with van der Waals surface area (Å²) in [5, 5.41) is 0. The monoisotopic (exact) mass is 385 g/mol. The van der Waals surface area contributed by atoms with Crippen molar-refractivity contribution < 1.29 is 22.8 Å². The Labute approximate surface area is 157 Å². The molecular weight excluding hydrogens is 371 g/mol. The van der Waals surface area contributed by atoms with Gasteiger partial charge < -0.3 is 4.98 Å². The molecule has 1 N–H and O–H groups in total. The fraction of sp³-hybridized carbons (Fsp3) is 0.150. The molecule has 0 bridgehead atoms. The first-order valence-corrected chi connectivity index (χ1v) is 8.52. The zero-order valence-electron chi connectivity index (χ0n) is 14.5. The number of amides is 2. The summed E-state index contributed by atoms with van der Waals surface area (Å²) in [5.74, 6) is -0.657. The molecule has 8 heteroatoms. The van der Waals surface area contributed by atoms with Crippen LogP contribution in [0.1, 0.15) is 32.0 Å². The van der Waals surface area contributed by atoms with Crippen LogP contribution in [0.25, 0.3) is 11.4 Å². The molecule has 0 unspecified atom stereocenters. The van der Waals surface area contributed by atoms with Crippen LogP contribution < -0.4 is 0 Å². The van der Waals surface area contributed by atoms with E-state index >= 15 is 0 Å². The summed E-state index contributed by atoms with van der Waals surface area (Å²) in [7, 11) is 0. The first-order valence-electron chi connectivity index (χ1n) is 8.52. The topological polar surface area (TPSA) is 66.1 Å². The third-order valence-electron chi connectivity index (χ3n) is 4.60. The van der Waals surface area contributed by atoms with Crippen LogP contribution in [0.15, 0.2) is 54.7 Å². The molecule has 4 rings (SSSR count). The van der Waals surface area contributed by atoms with Gasteiger partial charge in [-0.05, 0) is 18.2 Å². The lowest BCUT2D eigenvalue weighted by atomic mass is 10.1. The minimum absolute atomic E-state index is 0.0537. The minimum atomic E-state index is -4.50. The minimum Gasteiger partial charge on any atom is -0.342 e. The van der Waals surface area contributed by atoms with Crippen molar-refractivity contribution in [3.63, 3.8) is 0 Å². The number of benzene rings is 2. The molecule has 0 saturated heterocycles. The number of imidazole rings is 1. The third kappa shape index (κ3) is 3.06. The smallest absolute Gasteiger partial charge is 0.342 e. The molecule has 3 aromatic rings. The van der Waals surface area contributed by atoms with Gasteiger partial charge in [0.1, 0.15) is 5.82 Å².